The average molecular weight is 430 g/mol. The van der Waals surface area contributed by atoms with Crippen LogP contribution in [0.15, 0.2) is 52.0 Å². The summed E-state index contributed by atoms with van der Waals surface area (Å²) < 4.78 is 71.0. The first-order chi connectivity index (χ1) is 13.7. The molecule has 2 heterocycles. The molecule has 6 nitrogen and oxygen atoms in total. The molecule has 0 aliphatic carbocycles. The van der Waals surface area contributed by atoms with Gasteiger partial charge in [-0.3, -0.25) is 4.79 Å². The van der Waals surface area contributed by atoms with Crippen molar-refractivity contribution in [3.63, 3.8) is 0 Å². The van der Waals surface area contributed by atoms with Gasteiger partial charge in [-0.1, -0.05) is 12.5 Å². The Morgan fingerprint density at radius 2 is 1.83 bits per heavy atom. The molecule has 10 heteroatoms. The molecule has 1 fully saturated rings. The number of carbonyl (C=O) groups is 1. The molecule has 3 rings (SSSR count). The lowest BCUT2D eigenvalue weighted by atomic mass is 10.2. The Hall–Kier alpha value is -2.33. The molecular formula is C19H21F3N2O4S. The van der Waals surface area contributed by atoms with Gasteiger partial charge >= 0.3 is 6.18 Å². The largest absolute Gasteiger partial charge is 0.467 e. The third kappa shape index (κ3) is 5.39. The molecule has 0 saturated carbocycles. The molecule has 1 aliphatic rings. The number of nitrogens with zero attached hydrogens (tertiary/aromatic N) is 2. The fourth-order valence-electron chi connectivity index (χ4n) is 3.23. The van der Waals surface area contributed by atoms with E-state index >= 15 is 0 Å². The minimum Gasteiger partial charge on any atom is -0.467 e. The van der Waals surface area contributed by atoms with Gasteiger partial charge in [0.25, 0.3) is 5.91 Å². The summed E-state index contributed by atoms with van der Waals surface area (Å²) in [6.07, 6.45) is -0.860. The lowest BCUT2D eigenvalue weighted by molar-refractivity contribution is -0.142. The van der Waals surface area contributed by atoms with Crippen molar-refractivity contribution in [3.05, 3.63) is 54.0 Å². The van der Waals surface area contributed by atoms with E-state index in [0.29, 0.717) is 18.0 Å². The first-order valence-electron chi connectivity index (χ1n) is 9.15. The maximum atomic E-state index is 13.0. The fourth-order valence-corrected chi connectivity index (χ4v) is 4.80. The number of halogens is 3. The first kappa shape index (κ1) is 21.4. The Morgan fingerprint density at radius 1 is 1.10 bits per heavy atom. The van der Waals surface area contributed by atoms with Gasteiger partial charge in [0.2, 0.25) is 10.0 Å². The number of benzene rings is 1. The third-order valence-corrected chi connectivity index (χ3v) is 6.51. The van der Waals surface area contributed by atoms with Crippen molar-refractivity contribution in [2.24, 2.45) is 0 Å². The summed E-state index contributed by atoms with van der Waals surface area (Å²) >= 11 is 0. The first-order valence-corrected chi connectivity index (χ1v) is 10.6. The van der Waals surface area contributed by atoms with Crippen LogP contribution in [0, 0.1) is 0 Å². The number of amides is 1. The van der Waals surface area contributed by atoms with Gasteiger partial charge in [-0.05, 0) is 43.2 Å². The lowest BCUT2D eigenvalue weighted by Gasteiger charge is -2.26. The second-order valence-corrected chi connectivity index (χ2v) is 8.79. The Morgan fingerprint density at radius 3 is 2.45 bits per heavy atom. The summed E-state index contributed by atoms with van der Waals surface area (Å²) in [5, 5.41) is 0. The Balaban J connectivity index is 1.87. The monoisotopic (exact) mass is 430 g/mol. The average Bonchev–Trinajstić information content (AvgIpc) is 3.20. The van der Waals surface area contributed by atoms with Gasteiger partial charge in [-0.2, -0.15) is 17.5 Å². The van der Waals surface area contributed by atoms with E-state index < -0.39 is 28.7 Å². The highest BCUT2D eigenvalue weighted by Crippen LogP contribution is 2.24. The van der Waals surface area contributed by atoms with Gasteiger partial charge in [-0.25, -0.2) is 8.42 Å². The standard InChI is InChI=1S/C19H21F3N2O4S/c20-19(21,22)14-23(13-16-7-5-11-28-16)18(25)15-6-4-8-17(12-15)29(26,27)24-9-2-1-3-10-24/h4-8,11-12H,1-3,9-10,13-14H2. The maximum Gasteiger partial charge on any atom is 0.406 e. The molecular weight excluding hydrogens is 409 g/mol. The second kappa shape index (κ2) is 8.58. The van der Waals surface area contributed by atoms with Gasteiger partial charge < -0.3 is 9.32 Å². The van der Waals surface area contributed by atoms with Crippen molar-refractivity contribution >= 4 is 15.9 Å². The molecule has 0 spiro atoms. The molecule has 1 aromatic carbocycles. The Labute approximate surface area is 167 Å². The predicted octanol–water partition coefficient (Wildman–Crippen LogP) is 3.66. The van der Waals surface area contributed by atoms with E-state index in [-0.39, 0.29) is 22.8 Å². The maximum absolute atomic E-state index is 13.0. The Bertz CT molecular complexity index is 937. The van der Waals surface area contributed by atoms with E-state index in [2.05, 4.69) is 0 Å². The molecule has 0 atom stereocenters. The van der Waals surface area contributed by atoms with E-state index in [0.717, 1.165) is 25.3 Å². The van der Waals surface area contributed by atoms with E-state index in [4.69, 9.17) is 4.42 Å². The highest BCUT2D eigenvalue weighted by Gasteiger charge is 2.34. The lowest BCUT2D eigenvalue weighted by Crippen LogP contribution is -2.38. The molecule has 0 bridgehead atoms. The molecule has 1 saturated heterocycles. The zero-order valence-corrected chi connectivity index (χ0v) is 16.4. The smallest absolute Gasteiger partial charge is 0.406 e. The van der Waals surface area contributed by atoms with Crippen molar-refractivity contribution in [3.8, 4) is 0 Å². The highest BCUT2D eigenvalue weighted by atomic mass is 32.2. The molecule has 1 aromatic heterocycles. The normalized spacial score (nSPS) is 16.0. The van der Waals surface area contributed by atoms with Gasteiger partial charge in [0, 0.05) is 18.7 Å². The number of sulfonamides is 1. The molecule has 29 heavy (non-hydrogen) atoms. The molecule has 0 N–H and O–H groups in total. The summed E-state index contributed by atoms with van der Waals surface area (Å²) in [6, 6.07) is 8.14. The van der Waals surface area contributed by atoms with Gasteiger partial charge in [0.15, 0.2) is 0 Å². The van der Waals surface area contributed by atoms with Crippen molar-refractivity contribution in [1.82, 2.24) is 9.21 Å². The number of furan rings is 1. The Kier molecular flexibility index (Phi) is 6.33. The van der Waals surface area contributed by atoms with Crippen LogP contribution in [0.3, 0.4) is 0 Å². The van der Waals surface area contributed by atoms with E-state index in [1.807, 2.05) is 0 Å². The molecule has 1 amide bonds. The van der Waals surface area contributed by atoms with Crippen molar-refractivity contribution in [2.75, 3.05) is 19.6 Å². The molecule has 2 aromatic rings. The summed E-state index contributed by atoms with van der Waals surface area (Å²) in [7, 11) is -3.81. The number of hydrogen-bond donors (Lipinski definition) is 0. The van der Waals surface area contributed by atoms with Crippen LogP contribution in [0.4, 0.5) is 13.2 Å². The summed E-state index contributed by atoms with van der Waals surface area (Å²) in [5.41, 5.74) is -0.126. The van der Waals surface area contributed by atoms with E-state index in [1.165, 1.54) is 40.9 Å². The van der Waals surface area contributed by atoms with Crippen LogP contribution in [0.1, 0.15) is 35.4 Å². The van der Waals surface area contributed by atoms with Crippen LogP contribution in [-0.2, 0) is 16.6 Å². The number of carbonyl (C=O) groups excluding carboxylic acids is 1. The van der Waals surface area contributed by atoms with E-state index in [1.54, 1.807) is 0 Å². The molecule has 0 radical (unpaired) electrons. The van der Waals surface area contributed by atoms with Crippen LogP contribution in [0.2, 0.25) is 0 Å². The number of piperidine rings is 1. The number of alkyl halides is 3. The quantitative estimate of drug-likeness (QED) is 0.701. The van der Waals surface area contributed by atoms with Crippen molar-refractivity contribution < 1.29 is 30.8 Å². The number of hydrogen-bond acceptors (Lipinski definition) is 4. The van der Waals surface area contributed by atoms with Gasteiger partial charge in [-0.15, -0.1) is 0 Å². The highest BCUT2D eigenvalue weighted by molar-refractivity contribution is 7.89. The summed E-state index contributed by atoms with van der Waals surface area (Å²) in [4.78, 5) is 13.3. The topological polar surface area (TPSA) is 70.8 Å². The van der Waals surface area contributed by atoms with E-state index in [9.17, 15) is 26.4 Å². The van der Waals surface area contributed by atoms with Crippen LogP contribution in [-0.4, -0.2) is 49.3 Å². The van der Waals surface area contributed by atoms with Crippen LogP contribution >= 0.6 is 0 Å². The molecule has 1 aliphatic heterocycles. The van der Waals surface area contributed by atoms with Crippen molar-refractivity contribution in [1.29, 1.82) is 0 Å². The zero-order chi connectivity index (χ0) is 21.1. The third-order valence-electron chi connectivity index (χ3n) is 4.62. The fraction of sp³-hybridized carbons (Fsp3) is 0.421. The van der Waals surface area contributed by atoms with Gasteiger partial charge in [0.1, 0.15) is 12.3 Å². The predicted molar refractivity (Wildman–Crippen MR) is 98.6 cm³/mol. The van der Waals surface area contributed by atoms with Gasteiger partial charge in [0.05, 0.1) is 17.7 Å². The SMILES string of the molecule is O=C(c1cccc(S(=O)(=O)N2CCCCC2)c1)N(Cc1ccco1)CC(F)(F)F. The van der Waals surface area contributed by atoms with Crippen LogP contribution in [0.25, 0.3) is 0 Å². The minimum atomic E-state index is -4.61. The number of rotatable bonds is 6. The zero-order valence-electron chi connectivity index (χ0n) is 15.6. The summed E-state index contributed by atoms with van der Waals surface area (Å²) in [5.74, 6) is -0.728. The van der Waals surface area contributed by atoms with Crippen LogP contribution in [0.5, 0.6) is 0 Å². The minimum absolute atomic E-state index is 0.102. The molecule has 0 unspecified atom stereocenters. The van der Waals surface area contributed by atoms with Crippen LogP contribution < -0.4 is 0 Å². The second-order valence-electron chi connectivity index (χ2n) is 6.85. The summed E-state index contributed by atoms with van der Waals surface area (Å²) in [6.45, 7) is -1.08. The molecule has 158 valence electrons. The van der Waals surface area contributed by atoms with Crippen molar-refractivity contribution in [2.45, 2.75) is 36.9 Å².